The van der Waals surface area contributed by atoms with Gasteiger partial charge in [-0.2, -0.15) is 0 Å². The third kappa shape index (κ3) is 2.92. The van der Waals surface area contributed by atoms with Crippen LogP contribution < -0.4 is 0 Å². The lowest BCUT2D eigenvalue weighted by Crippen LogP contribution is -2.04. The monoisotopic (exact) mass is 248 g/mol. The van der Waals surface area contributed by atoms with Crippen molar-refractivity contribution in [3.8, 4) is 0 Å². The van der Waals surface area contributed by atoms with Crippen molar-refractivity contribution in [1.29, 1.82) is 0 Å². The zero-order valence-corrected chi connectivity index (χ0v) is 9.75. The van der Waals surface area contributed by atoms with E-state index in [9.17, 15) is 9.18 Å². The van der Waals surface area contributed by atoms with Crippen LogP contribution in [-0.2, 0) is 6.42 Å². The first-order chi connectivity index (χ1) is 8.16. The molecule has 0 atom stereocenters. The molecule has 0 bridgehead atoms. The highest BCUT2D eigenvalue weighted by atomic mass is 35.5. The normalized spacial score (nSPS) is 10.2. The standard InChI is InChI=1S/C14H10ClFO/c15-13-7-2-1-4-10(13)9-14(17)11-5-3-6-12(16)8-11/h1-8H,9H2. The third-order valence-electron chi connectivity index (χ3n) is 2.46. The van der Waals surface area contributed by atoms with Gasteiger partial charge in [-0.3, -0.25) is 4.79 Å². The van der Waals surface area contributed by atoms with Gasteiger partial charge in [0.1, 0.15) is 5.82 Å². The summed E-state index contributed by atoms with van der Waals surface area (Å²) in [6.45, 7) is 0. The molecule has 17 heavy (non-hydrogen) atoms. The topological polar surface area (TPSA) is 17.1 Å². The average Bonchev–Trinajstić information content (AvgIpc) is 2.32. The van der Waals surface area contributed by atoms with Crippen LogP contribution in [0.2, 0.25) is 5.02 Å². The molecule has 1 nitrogen and oxygen atoms in total. The Kier molecular flexibility index (Phi) is 3.55. The largest absolute Gasteiger partial charge is 0.294 e. The van der Waals surface area contributed by atoms with Crippen molar-refractivity contribution >= 4 is 17.4 Å². The van der Waals surface area contributed by atoms with Gasteiger partial charge in [0.25, 0.3) is 0 Å². The zero-order chi connectivity index (χ0) is 12.3. The molecule has 0 spiro atoms. The van der Waals surface area contributed by atoms with E-state index in [1.165, 1.54) is 18.2 Å². The Morgan fingerprint density at radius 2 is 1.88 bits per heavy atom. The molecule has 0 aliphatic carbocycles. The van der Waals surface area contributed by atoms with E-state index in [1.807, 2.05) is 6.07 Å². The molecule has 0 aromatic heterocycles. The second-order valence-electron chi connectivity index (χ2n) is 3.70. The van der Waals surface area contributed by atoms with Gasteiger partial charge in [-0.25, -0.2) is 4.39 Å². The van der Waals surface area contributed by atoms with E-state index in [1.54, 1.807) is 24.3 Å². The fourth-order valence-electron chi connectivity index (χ4n) is 1.58. The molecule has 0 unspecified atom stereocenters. The Hall–Kier alpha value is -1.67. The Bertz CT molecular complexity index is 551. The summed E-state index contributed by atoms with van der Waals surface area (Å²) in [6, 6.07) is 12.8. The third-order valence-corrected chi connectivity index (χ3v) is 2.82. The molecule has 0 amide bonds. The van der Waals surface area contributed by atoms with Crippen molar-refractivity contribution in [3.05, 3.63) is 70.5 Å². The van der Waals surface area contributed by atoms with Crippen LogP contribution in [0.25, 0.3) is 0 Å². The van der Waals surface area contributed by atoms with Crippen molar-refractivity contribution in [2.24, 2.45) is 0 Å². The molecule has 0 saturated carbocycles. The van der Waals surface area contributed by atoms with Gasteiger partial charge in [-0.05, 0) is 23.8 Å². The van der Waals surface area contributed by atoms with Crippen LogP contribution in [0.15, 0.2) is 48.5 Å². The lowest BCUT2D eigenvalue weighted by Gasteiger charge is -2.03. The average molecular weight is 249 g/mol. The van der Waals surface area contributed by atoms with Gasteiger partial charge in [0.05, 0.1) is 0 Å². The molecule has 0 aliphatic heterocycles. The maximum absolute atomic E-state index is 13.0. The predicted octanol–water partition coefficient (Wildman–Crippen LogP) is 3.90. The van der Waals surface area contributed by atoms with Crippen LogP contribution >= 0.6 is 11.6 Å². The number of halogens is 2. The smallest absolute Gasteiger partial charge is 0.167 e. The molecule has 0 saturated heterocycles. The Labute approximate surface area is 104 Å². The van der Waals surface area contributed by atoms with Crippen molar-refractivity contribution in [2.75, 3.05) is 0 Å². The Balaban J connectivity index is 2.20. The highest BCUT2D eigenvalue weighted by Gasteiger charge is 2.09. The second-order valence-corrected chi connectivity index (χ2v) is 4.11. The van der Waals surface area contributed by atoms with E-state index in [0.29, 0.717) is 10.6 Å². The summed E-state index contributed by atoms with van der Waals surface area (Å²) in [5.74, 6) is -0.549. The predicted molar refractivity (Wildman–Crippen MR) is 65.9 cm³/mol. The number of rotatable bonds is 3. The summed E-state index contributed by atoms with van der Waals surface area (Å²) < 4.78 is 13.0. The van der Waals surface area contributed by atoms with Crippen LogP contribution in [0.3, 0.4) is 0 Å². The van der Waals surface area contributed by atoms with Crippen LogP contribution in [0.4, 0.5) is 4.39 Å². The molecule has 0 fully saturated rings. The van der Waals surface area contributed by atoms with Gasteiger partial charge < -0.3 is 0 Å². The molecule has 0 aliphatic rings. The zero-order valence-electron chi connectivity index (χ0n) is 8.99. The molecule has 0 heterocycles. The molecule has 2 rings (SSSR count). The van der Waals surface area contributed by atoms with Crippen LogP contribution in [0.5, 0.6) is 0 Å². The Morgan fingerprint density at radius 3 is 2.59 bits per heavy atom. The maximum atomic E-state index is 13.0. The minimum absolute atomic E-state index is 0.141. The van der Waals surface area contributed by atoms with E-state index in [-0.39, 0.29) is 12.2 Å². The lowest BCUT2D eigenvalue weighted by molar-refractivity contribution is 0.0992. The van der Waals surface area contributed by atoms with Crippen LogP contribution in [-0.4, -0.2) is 5.78 Å². The molecular weight excluding hydrogens is 239 g/mol. The summed E-state index contributed by atoms with van der Waals surface area (Å²) in [6.07, 6.45) is 0.184. The first-order valence-electron chi connectivity index (χ1n) is 5.19. The van der Waals surface area contributed by atoms with Crippen molar-refractivity contribution < 1.29 is 9.18 Å². The van der Waals surface area contributed by atoms with E-state index in [4.69, 9.17) is 11.6 Å². The quantitative estimate of drug-likeness (QED) is 0.753. The molecule has 0 N–H and O–H groups in total. The summed E-state index contributed by atoms with van der Waals surface area (Å²) in [4.78, 5) is 11.9. The van der Waals surface area contributed by atoms with Gasteiger partial charge in [0.15, 0.2) is 5.78 Å². The number of carbonyl (C=O) groups excluding carboxylic acids is 1. The summed E-state index contributed by atoms with van der Waals surface area (Å²) in [7, 11) is 0. The first kappa shape index (κ1) is 11.8. The summed E-state index contributed by atoms with van der Waals surface area (Å²) in [5, 5.41) is 0.553. The van der Waals surface area contributed by atoms with Gasteiger partial charge in [0.2, 0.25) is 0 Å². The number of hydrogen-bond acceptors (Lipinski definition) is 1. The fourth-order valence-corrected chi connectivity index (χ4v) is 1.78. The van der Waals surface area contributed by atoms with E-state index in [2.05, 4.69) is 0 Å². The summed E-state index contributed by atoms with van der Waals surface area (Å²) >= 11 is 5.96. The van der Waals surface area contributed by atoms with Crippen molar-refractivity contribution in [1.82, 2.24) is 0 Å². The van der Waals surface area contributed by atoms with Gasteiger partial charge in [-0.15, -0.1) is 0 Å². The van der Waals surface area contributed by atoms with Gasteiger partial charge in [0, 0.05) is 17.0 Å². The lowest BCUT2D eigenvalue weighted by atomic mass is 10.0. The molecule has 2 aromatic rings. The molecule has 2 aromatic carbocycles. The molecule has 0 radical (unpaired) electrons. The number of hydrogen-bond donors (Lipinski definition) is 0. The number of Topliss-reactive ketones (excluding diaryl/α,β-unsaturated/α-hetero) is 1. The SMILES string of the molecule is O=C(Cc1ccccc1Cl)c1cccc(F)c1. The summed E-state index contributed by atoms with van der Waals surface area (Å²) in [5.41, 5.74) is 1.12. The first-order valence-corrected chi connectivity index (χ1v) is 5.57. The maximum Gasteiger partial charge on any atom is 0.167 e. The molecule has 3 heteroatoms. The van der Waals surface area contributed by atoms with Crippen molar-refractivity contribution in [3.63, 3.8) is 0 Å². The van der Waals surface area contributed by atoms with Gasteiger partial charge in [-0.1, -0.05) is 41.9 Å². The van der Waals surface area contributed by atoms with Crippen LogP contribution in [0.1, 0.15) is 15.9 Å². The Morgan fingerprint density at radius 1 is 1.12 bits per heavy atom. The highest BCUT2D eigenvalue weighted by molar-refractivity contribution is 6.31. The minimum Gasteiger partial charge on any atom is -0.294 e. The van der Waals surface area contributed by atoms with Gasteiger partial charge >= 0.3 is 0 Å². The molecular formula is C14H10ClFO. The number of ketones is 1. The van der Waals surface area contributed by atoms with Crippen LogP contribution in [0, 0.1) is 5.82 Å². The fraction of sp³-hybridized carbons (Fsp3) is 0.0714. The molecule has 86 valence electrons. The van der Waals surface area contributed by atoms with E-state index in [0.717, 1.165) is 5.56 Å². The minimum atomic E-state index is -0.407. The van der Waals surface area contributed by atoms with Crippen molar-refractivity contribution in [2.45, 2.75) is 6.42 Å². The highest BCUT2D eigenvalue weighted by Crippen LogP contribution is 2.17. The van der Waals surface area contributed by atoms with E-state index < -0.39 is 5.82 Å². The second kappa shape index (κ2) is 5.11. The number of benzene rings is 2. The number of carbonyl (C=O) groups is 1. The van der Waals surface area contributed by atoms with E-state index >= 15 is 0 Å².